The van der Waals surface area contributed by atoms with E-state index in [0.29, 0.717) is 0 Å². The molecular formula is C14H17FO5. The third-order valence-corrected chi connectivity index (χ3v) is 2.46. The zero-order chi connectivity index (χ0) is 15.3. The van der Waals surface area contributed by atoms with Crippen molar-refractivity contribution in [2.45, 2.75) is 26.1 Å². The molecule has 20 heavy (non-hydrogen) atoms. The highest BCUT2D eigenvalue weighted by molar-refractivity contribution is 6.12. The maximum atomic E-state index is 13.9. The van der Waals surface area contributed by atoms with Gasteiger partial charge in [0.25, 0.3) is 6.17 Å². The Balaban J connectivity index is 3.06. The van der Waals surface area contributed by atoms with Crippen LogP contribution in [0.25, 0.3) is 0 Å². The number of rotatable bonds is 6. The molecule has 0 radical (unpaired) electrons. The van der Waals surface area contributed by atoms with Crippen molar-refractivity contribution in [1.29, 1.82) is 0 Å². The second-order valence-electron chi connectivity index (χ2n) is 4.25. The molecule has 0 aromatic heterocycles. The number of halogens is 1. The maximum Gasteiger partial charge on any atom is 0.349 e. The zero-order valence-corrected chi connectivity index (χ0v) is 11.8. The van der Waals surface area contributed by atoms with E-state index in [0.717, 1.165) is 0 Å². The topological polar surface area (TPSA) is 61.8 Å². The Morgan fingerprint density at radius 2 is 1.80 bits per heavy atom. The van der Waals surface area contributed by atoms with Crippen molar-refractivity contribution in [3.05, 3.63) is 23.8 Å². The van der Waals surface area contributed by atoms with Gasteiger partial charge in [0.15, 0.2) is 11.5 Å². The minimum atomic E-state index is -2.39. The molecule has 0 heterocycles. The predicted molar refractivity (Wildman–Crippen MR) is 70.0 cm³/mol. The minimum absolute atomic E-state index is 0.0694. The Kier molecular flexibility index (Phi) is 5.49. The lowest BCUT2D eigenvalue weighted by Crippen LogP contribution is -2.30. The third-order valence-electron chi connectivity index (χ3n) is 2.46. The van der Waals surface area contributed by atoms with E-state index in [-0.39, 0.29) is 17.1 Å². The molecule has 1 aromatic carbocycles. The number of carbonyl (C=O) groups is 2. The number of para-hydroxylation sites is 1. The highest BCUT2D eigenvalue weighted by Gasteiger charge is 2.32. The maximum absolute atomic E-state index is 13.9. The Morgan fingerprint density at radius 1 is 1.15 bits per heavy atom. The van der Waals surface area contributed by atoms with Crippen molar-refractivity contribution in [2.75, 3.05) is 14.2 Å². The monoisotopic (exact) mass is 284 g/mol. The van der Waals surface area contributed by atoms with E-state index >= 15 is 0 Å². The van der Waals surface area contributed by atoms with Gasteiger partial charge in [-0.3, -0.25) is 4.79 Å². The van der Waals surface area contributed by atoms with Crippen LogP contribution < -0.4 is 9.47 Å². The molecule has 0 spiro atoms. The number of hydrogen-bond donors (Lipinski definition) is 0. The molecule has 1 unspecified atom stereocenters. The molecule has 1 atom stereocenters. The molecule has 0 fully saturated rings. The highest BCUT2D eigenvalue weighted by atomic mass is 19.1. The average molecular weight is 284 g/mol. The van der Waals surface area contributed by atoms with Crippen LogP contribution in [-0.4, -0.2) is 38.2 Å². The molecule has 0 aliphatic rings. The minimum Gasteiger partial charge on any atom is -0.493 e. The fourth-order valence-corrected chi connectivity index (χ4v) is 1.62. The number of methoxy groups -OCH3 is 2. The first-order valence-corrected chi connectivity index (χ1v) is 6.02. The summed E-state index contributed by atoms with van der Waals surface area (Å²) < 4.78 is 28.6. The summed E-state index contributed by atoms with van der Waals surface area (Å²) in [4.78, 5) is 23.4. The van der Waals surface area contributed by atoms with Crippen LogP contribution in [0.15, 0.2) is 18.2 Å². The molecule has 0 saturated heterocycles. The van der Waals surface area contributed by atoms with E-state index in [1.54, 1.807) is 19.9 Å². The van der Waals surface area contributed by atoms with Gasteiger partial charge in [0.2, 0.25) is 5.78 Å². The predicted octanol–water partition coefficient (Wildman–Crippen LogP) is 2.18. The van der Waals surface area contributed by atoms with Crippen LogP contribution in [0.4, 0.5) is 4.39 Å². The number of benzene rings is 1. The molecule has 6 heteroatoms. The summed E-state index contributed by atoms with van der Waals surface area (Å²) in [6.45, 7) is 3.14. The molecule has 0 aliphatic heterocycles. The Hall–Kier alpha value is -2.11. The molecule has 110 valence electrons. The summed E-state index contributed by atoms with van der Waals surface area (Å²) >= 11 is 0. The highest BCUT2D eigenvalue weighted by Crippen LogP contribution is 2.31. The van der Waals surface area contributed by atoms with E-state index in [1.807, 2.05) is 0 Å². The molecule has 0 amide bonds. The molecule has 0 bridgehead atoms. The number of carbonyl (C=O) groups excluding carboxylic acids is 2. The average Bonchev–Trinajstić information content (AvgIpc) is 2.43. The van der Waals surface area contributed by atoms with Gasteiger partial charge in [-0.15, -0.1) is 0 Å². The lowest BCUT2D eigenvalue weighted by atomic mass is 10.1. The number of alkyl halides is 1. The van der Waals surface area contributed by atoms with Gasteiger partial charge in [-0.25, -0.2) is 9.18 Å². The van der Waals surface area contributed by atoms with E-state index < -0.39 is 24.0 Å². The van der Waals surface area contributed by atoms with E-state index in [1.165, 1.54) is 26.4 Å². The summed E-state index contributed by atoms with van der Waals surface area (Å²) in [5.74, 6) is -1.87. The Morgan fingerprint density at radius 3 is 2.30 bits per heavy atom. The van der Waals surface area contributed by atoms with Crippen LogP contribution in [0.1, 0.15) is 24.2 Å². The first-order chi connectivity index (χ1) is 9.42. The Bertz CT molecular complexity index is 498. The number of ether oxygens (including phenoxy) is 3. The number of esters is 1. The second kappa shape index (κ2) is 6.88. The standard InChI is InChI=1S/C14H17FO5/c1-8(2)20-14(17)11(15)12(16)9-6-5-7-10(18-3)13(9)19-4/h5-8,11H,1-4H3. The third kappa shape index (κ3) is 3.46. The van der Waals surface area contributed by atoms with Crippen molar-refractivity contribution in [1.82, 2.24) is 0 Å². The van der Waals surface area contributed by atoms with Gasteiger partial charge in [0.05, 0.1) is 25.9 Å². The van der Waals surface area contributed by atoms with Crippen molar-refractivity contribution in [3.8, 4) is 11.5 Å². The van der Waals surface area contributed by atoms with Crippen LogP contribution in [0.3, 0.4) is 0 Å². The van der Waals surface area contributed by atoms with Crippen molar-refractivity contribution in [2.24, 2.45) is 0 Å². The first kappa shape index (κ1) is 15.9. The Labute approximate surface area is 116 Å². The van der Waals surface area contributed by atoms with Gasteiger partial charge in [-0.05, 0) is 26.0 Å². The number of Topliss-reactive ketones (excluding diaryl/α,β-unsaturated/α-hetero) is 1. The van der Waals surface area contributed by atoms with Crippen LogP contribution >= 0.6 is 0 Å². The van der Waals surface area contributed by atoms with Gasteiger partial charge in [0, 0.05) is 0 Å². The van der Waals surface area contributed by atoms with Gasteiger partial charge < -0.3 is 14.2 Å². The molecule has 0 aliphatic carbocycles. The summed E-state index contributed by atoms with van der Waals surface area (Å²) in [5, 5.41) is 0. The van der Waals surface area contributed by atoms with Crippen LogP contribution in [0.2, 0.25) is 0 Å². The lowest BCUT2D eigenvalue weighted by molar-refractivity contribution is -0.151. The number of ketones is 1. The molecule has 0 N–H and O–H groups in total. The smallest absolute Gasteiger partial charge is 0.349 e. The van der Waals surface area contributed by atoms with Crippen molar-refractivity contribution >= 4 is 11.8 Å². The second-order valence-corrected chi connectivity index (χ2v) is 4.25. The van der Waals surface area contributed by atoms with Crippen LogP contribution in [-0.2, 0) is 9.53 Å². The first-order valence-electron chi connectivity index (χ1n) is 6.02. The van der Waals surface area contributed by atoms with Crippen LogP contribution in [0, 0.1) is 0 Å². The summed E-state index contributed by atoms with van der Waals surface area (Å²) in [7, 11) is 2.72. The molecule has 1 aromatic rings. The van der Waals surface area contributed by atoms with Crippen molar-refractivity contribution in [3.63, 3.8) is 0 Å². The van der Waals surface area contributed by atoms with Gasteiger partial charge in [-0.1, -0.05) is 6.07 Å². The number of hydrogen-bond acceptors (Lipinski definition) is 5. The van der Waals surface area contributed by atoms with Gasteiger partial charge >= 0.3 is 5.97 Å². The SMILES string of the molecule is COc1cccc(C(=O)C(F)C(=O)OC(C)C)c1OC. The summed E-state index contributed by atoms with van der Waals surface area (Å²) in [5.41, 5.74) is -0.0694. The fourth-order valence-electron chi connectivity index (χ4n) is 1.62. The van der Waals surface area contributed by atoms with Crippen LogP contribution in [0.5, 0.6) is 11.5 Å². The van der Waals surface area contributed by atoms with E-state index in [2.05, 4.69) is 4.74 Å². The largest absolute Gasteiger partial charge is 0.493 e. The molecule has 5 nitrogen and oxygen atoms in total. The van der Waals surface area contributed by atoms with E-state index in [9.17, 15) is 14.0 Å². The quantitative estimate of drug-likeness (QED) is 0.455. The fraction of sp³-hybridized carbons (Fsp3) is 0.429. The normalized spacial score (nSPS) is 11.9. The van der Waals surface area contributed by atoms with Gasteiger partial charge in [-0.2, -0.15) is 0 Å². The van der Waals surface area contributed by atoms with Gasteiger partial charge in [0.1, 0.15) is 0 Å². The van der Waals surface area contributed by atoms with E-state index in [4.69, 9.17) is 9.47 Å². The summed E-state index contributed by atoms with van der Waals surface area (Å²) in [6, 6.07) is 4.43. The lowest BCUT2D eigenvalue weighted by Gasteiger charge is -2.14. The molecule has 1 rings (SSSR count). The van der Waals surface area contributed by atoms with Crippen molar-refractivity contribution < 1.29 is 28.2 Å². The molecular weight excluding hydrogens is 267 g/mol. The zero-order valence-electron chi connectivity index (χ0n) is 11.8. The molecule has 0 saturated carbocycles. The summed E-state index contributed by atoms with van der Waals surface area (Å²) in [6.07, 6.45) is -2.89.